The minimum absolute atomic E-state index is 0.118. The quantitative estimate of drug-likeness (QED) is 0.729. The van der Waals surface area contributed by atoms with Crippen LogP contribution >= 0.6 is 0 Å². The van der Waals surface area contributed by atoms with Gasteiger partial charge in [0.25, 0.3) is 0 Å². The molecule has 0 saturated heterocycles. The maximum atomic E-state index is 12.4. The van der Waals surface area contributed by atoms with Crippen molar-refractivity contribution in [3.05, 3.63) is 60.7 Å². The van der Waals surface area contributed by atoms with Crippen LogP contribution in [0.15, 0.2) is 55.1 Å². The predicted octanol–water partition coefficient (Wildman–Crippen LogP) is 3.19. The van der Waals surface area contributed by atoms with E-state index in [2.05, 4.69) is 10.1 Å². The lowest BCUT2D eigenvalue weighted by Gasteiger charge is -2.16. The number of fused-ring (bicyclic) bond motifs is 1. The number of anilines is 1. The molecule has 2 aromatic heterocycles. The number of nitrogens with zero attached hydrogens (tertiary/aromatic N) is 4. The molecule has 1 aliphatic rings. The maximum absolute atomic E-state index is 12.4. The standard InChI is InChI=1S/C19H18N4O/c1-19(2)16-5-4-15(10-17(16)22(3)18(19)24)23-12-14(11-21-23)13-6-8-20-9-7-13/h4-12H,1-3H3. The van der Waals surface area contributed by atoms with Gasteiger partial charge in [-0.05, 0) is 49.2 Å². The average Bonchev–Trinajstić information content (AvgIpc) is 3.16. The number of hydrogen-bond acceptors (Lipinski definition) is 3. The van der Waals surface area contributed by atoms with E-state index >= 15 is 0 Å². The number of pyridine rings is 1. The van der Waals surface area contributed by atoms with E-state index < -0.39 is 5.41 Å². The molecule has 1 aliphatic heterocycles. The normalized spacial score (nSPS) is 15.6. The van der Waals surface area contributed by atoms with Gasteiger partial charge in [-0.3, -0.25) is 9.78 Å². The van der Waals surface area contributed by atoms with Crippen LogP contribution in [0.3, 0.4) is 0 Å². The highest BCUT2D eigenvalue weighted by Gasteiger charge is 2.42. The number of carbonyl (C=O) groups excluding carboxylic acids is 1. The molecule has 1 aromatic carbocycles. The summed E-state index contributed by atoms with van der Waals surface area (Å²) in [5.74, 6) is 0.118. The first-order chi connectivity index (χ1) is 11.5. The van der Waals surface area contributed by atoms with Crippen molar-refractivity contribution in [2.24, 2.45) is 0 Å². The molecule has 0 bridgehead atoms. The molecule has 3 heterocycles. The van der Waals surface area contributed by atoms with Gasteiger partial charge < -0.3 is 4.90 Å². The molecular formula is C19H18N4O. The highest BCUT2D eigenvalue weighted by Crippen LogP contribution is 2.41. The molecule has 0 spiro atoms. The van der Waals surface area contributed by atoms with Crippen LogP contribution in [0.4, 0.5) is 5.69 Å². The van der Waals surface area contributed by atoms with Crippen molar-refractivity contribution in [3.63, 3.8) is 0 Å². The summed E-state index contributed by atoms with van der Waals surface area (Å²) in [4.78, 5) is 18.2. The van der Waals surface area contributed by atoms with E-state index in [0.717, 1.165) is 28.1 Å². The number of rotatable bonds is 2. The fourth-order valence-corrected chi connectivity index (χ4v) is 3.27. The van der Waals surface area contributed by atoms with Crippen LogP contribution in [-0.2, 0) is 10.2 Å². The minimum atomic E-state index is -0.477. The summed E-state index contributed by atoms with van der Waals surface area (Å²) in [7, 11) is 1.82. The van der Waals surface area contributed by atoms with Crippen LogP contribution in [0.25, 0.3) is 16.8 Å². The summed E-state index contributed by atoms with van der Waals surface area (Å²) >= 11 is 0. The molecule has 0 unspecified atom stereocenters. The van der Waals surface area contributed by atoms with Crippen molar-refractivity contribution < 1.29 is 4.79 Å². The molecule has 4 rings (SSSR count). The fraction of sp³-hybridized carbons (Fsp3) is 0.211. The van der Waals surface area contributed by atoms with Gasteiger partial charge >= 0.3 is 0 Å². The second kappa shape index (κ2) is 5.03. The van der Waals surface area contributed by atoms with Crippen LogP contribution in [-0.4, -0.2) is 27.7 Å². The van der Waals surface area contributed by atoms with Gasteiger partial charge in [-0.15, -0.1) is 0 Å². The smallest absolute Gasteiger partial charge is 0.236 e. The predicted molar refractivity (Wildman–Crippen MR) is 93.2 cm³/mol. The van der Waals surface area contributed by atoms with E-state index in [9.17, 15) is 4.79 Å². The van der Waals surface area contributed by atoms with E-state index in [4.69, 9.17) is 0 Å². The number of carbonyl (C=O) groups is 1. The zero-order chi connectivity index (χ0) is 16.9. The van der Waals surface area contributed by atoms with E-state index in [0.29, 0.717) is 0 Å². The molecule has 0 radical (unpaired) electrons. The molecule has 3 aromatic rings. The summed E-state index contributed by atoms with van der Waals surface area (Å²) in [5, 5.41) is 4.46. The Kier molecular flexibility index (Phi) is 3.06. The Morgan fingerprint density at radius 2 is 1.79 bits per heavy atom. The Morgan fingerprint density at radius 3 is 2.54 bits per heavy atom. The molecule has 5 nitrogen and oxygen atoms in total. The summed E-state index contributed by atoms with van der Waals surface area (Å²) in [6, 6.07) is 9.97. The third kappa shape index (κ3) is 2.05. The molecule has 120 valence electrons. The molecule has 5 heteroatoms. The topological polar surface area (TPSA) is 51.0 Å². The summed E-state index contributed by atoms with van der Waals surface area (Å²) < 4.78 is 1.83. The largest absolute Gasteiger partial charge is 0.314 e. The molecule has 0 fully saturated rings. The Labute approximate surface area is 140 Å². The van der Waals surface area contributed by atoms with Gasteiger partial charge in [0.1, 0.15) is 0 Å². The Hall–Kier alpha value is -2.95. The van der Waals surface area contributed by atoms with E-state index in [1.165, 1.54) is 0 Å². The van der Waals surface area contributed by atoms with Gasteiger partial charge in [-0.1, -0.05) is 6.07 Å². The van der Waals surface area contributed by atoms with Crippen molar-refractivity contribution in [1.29, 1.82) is 0 Å². The van der Waals surface area contributed by atoms with Crippen LogP contribution in [0.1, 0.15) is 19.4 Å². The fourth-order valence-electron chi connectivity index (χ4n) is 3.27. The van der Waals surface area contributed by atoms with E-state index in [-0.39, 0.29) is 5.91 Å². The first kappa shape index (κ1) is 14.6. The summed E-state index contributed by atoms with van der Waals surface area (Å²) in [6.07, 6.45) is 7.36. The van der Waals surface area contributed by atoms with Gasteiger partial charge in [0, 0.05) is 36.9 Å². The lowest BCUT2D eigenvalue weighted by Crippen LogP contribution is -2.33. The van der Waals surface area contributed by atoms with Crippen LogP contribution < -0.4 is 4.90 Å². The zero-order valence-electron chi connectivity index (χ0n) is 13.9. The summed E-state index contributed by atoms with van der Waals surface area (Å²) in [5.41, 5.74) is 4.57. The number of amides is 1. The van der Waals surface area contributed by atoms with Crippen LogP contribution in [0.2, 0.25) is 0 Å². The van der Waals surface area contributed by atoms with Crippen molar-refractivity contribution in [2.75, 3.05) is 11.9 Å². The van der Waals surface area contributed by atoms with E-state index in [1.54, 1.807) is 17.3 Å². The first-order valence-corrected chi connectivity index (χ1v) is 7.86. The molecular weight excluding hydrogens is 300 g/mol. The monoisotopic (exact) mass is 318 g/mol. The molecule has 0 aliphatic carbocycles. The minimum Gasteiger partial charge on any atom is -0.314 e. The number of benzene rings is 1. The lowest BCUT2D eigenvalue weighted by atomic mass is 9.86. The maximum Gasteiger partial charge on any atom is 0.236 e. The Balaban J connectivity index is 1.75. The van der Waals surface area contributed by atoms with Crippen molar-refractivity contribution in [1.82, 2.24) is 14.8 Å². The van der Waals surface area contributed by atoms with Crippen LogP contribution in [0, 0.1) is 0 Å². The second-order valence-electron chi connectivity index (χ2n) is 6.60. The van der Waals surface area contributed by atoms with Crippen molar-refractivity contribution in [2.45, 2.75) is 19.3 Å². The Morgan fingerprint density at radius 1 is 1.04 bits per heavy atom. The zero-order valence-corrected chi connectivity index (χ0v) is 13.9. The average molecular weight is 318 g/mol. The molecule has 0 saturated carbocycles. The highest BCUT2D eigenvalue weighted by atomic mass is 16.2. The molecule has 1 amide bonds. The first-order valence-electron chi connectivity index (χ1n) is 7.86. The third-order valence-corrected chi connectivity index (χ3v) is 4.72. The Bertz CT molecular complexity index is 928. The molecule has 24 heavy (non-hydrogen) atoms. The van der Waals surface area contributed by atoms with Crippen molar-refractivity contribution >= 4 is 11.6 Å². The molecule has 0 N–H and O–H groups in total. The van der Waals surface area contributed by atoms with Gasteiger partial charge in [-0.2, -0.15) is 5.10 Å². The number of aromatic nitrogens is 3. The third-order valence-electron chi connectivity index (χ3n) is 4.72. The van der Waals surface area contributed by atoms with E-state index in [1.807, 2.05) is 68.3 Å². The number of hydrogen-bond donors (Lipinski definition) is 0. The van der Waals surface area contributed by atoms with Gasteiger partial charge in [0.15, 0.2) is 0 Å². The van der Waals surface area contributed by atoms with Gasteiger partial charge in [-0.25, -0.2) is 4.68 Å². The van der Waals surface area contributed by atoms with Gasteiger partial charge in [0.05, 0.1) is 17.3 Å². The highest BCUT2D eigenvalue weighted by molar-refractivity contribution is 6.07. The lowest BCUT2D eigenvalue weighted by molar-refractivity contribution is -0.121. The van der Waals surface area contributed by atoms with Crippen molar-refractivity contribution in [3.8, 4) is 16.8 Å². The second-order valence-corrected chi connectivity index (χ2v) is 6.60. The van der Waals surface area contributed by atoms with Gasteiger partial charge in [0.2, 0.25) is 5.91 Å². The molecule has 0 atom stereocenters. The number of likely N-dealkylation sites (N-methyl/N-ethyl adjacent to an activating group) is 1. The SMILES string of the molecule is CN1C(=O)C(C)(C)c2ccc(-n3cc(-c4ccncc4)cn3)cc21. The van der Waals surface area contributed by atoms with Crippen LogP contribution in [0.5, 0.6) is 0 Å². The summed E-state index contributed by atoms with van der Waals surface area (Å²) in [6.45, 7) is 3.93.